The first-order chi connectivity index (χ1) is 11.2. The molecular formula is C17H14FN3O2. The molecule has 23 heavy (non-hydrogen) atoms. The van der Waals surface area contributed by atoms with Crippen LogP contribution in [0.2, 0.25) is 0 Å². The smallest absolute Gasteiger partial charge is 0.253 e. The van der Waals surface area contributed by atoms with Gasteiger partial charge in [0.2, 0.25) is 0 Å². The van der Waals surface area contributed by atoms with Gasteiger partial charge in [-0.25, -0.2) is 4.39 Å². The molecule has 3 rings (SSSR count). The molecule has 0 spiro atoms. The predicted octanol–water partition coefficient (Wildman–Crippen LogP) is 2.58. The van der Waals surface area contributed by atoms with Gasteiger partial charge in [-0.2, -0.15) is 0 Å². The van der Waals surface area contributed by atoms with Crippen LogP contribution in [0.3, 0.4) is 0 Å². The molecular weight excluding hydrogens is 297 g/mol. The summed E-state index contributed by atoms with van der Waals surface area (Å²) >= 11 is 0. The molecule has 0 saturated carbocycles. The molecule has 116 valence electrons. The van der Waals surface area contributed by atoms with Crippen molar-refractivity contribution in [2.24, 2.45) is 0 Å². The van der Waals surface area contributed by atoms with Crippen LogP contribution in [-0.2, 0) is 0 Å². The van der Waals surface area contributed by atoms with Crippen LogP contribution < -0.4 is 10.1 Å². The number of ether oxygens (including phenoxy) is 1. The number of pyridine rings is 2. The predicted molar refractivity (Wildman–Crippen MR) is 83.8 cm³/mol. The zero-order chi connectivity index (χ0) is 16.1. The van der Waals surface area contributed by atoms with Gasteiger partial charge < -0.3 is 10.1 Å². The highest BCUT2D eigenvalue weighted by atomic mass is 19.1. The highest BCUT2D eigenvalue weighted by Crippen LogP contribution is 2.22. The largest absolute Gasteiger partial charge is 0.489 e. The third-order valence-electron chi connectivity index (χ3n) is 3.21. The Hall–Kier alpha value is -3.02. The summed E-state index contributed by atoms with van der Waals surface area (Å²) in [6.07, 6.45) is 4.06. The molecule has 0 radical (unpaired) electrons. The summed E-state index contributed by atoms with van der Waals surface area (Å²) in [7, 11) is 0. The van der Waals surface area contributed by atoms with Gasteiger partial charge >= 0.3 is 0 Å². The Balaban J connectivity index is 1.56. The van der Waals surface area contributed by atoms with Gasteiger partial charge in [-0.15, -0.1) is 0 Å². The molecule has 0 bridgehead atoms. The fourth-order valence-corrected chi connectivity index (χ4v) is 2.16. The number of aromatic nitrogens is 2. The molecule has 1 aromatic carbocycles. The van der Waals surface area contributed by atoms with Gasteiger partial charge in [0.25, 0.3) is 5.91 Å². The number of halogens is 1. The molecule has 0 aliphatic rings. The van der Waals surface area contributed by atoms with Crippen LogP contribution in [0.15, 0.2) is 55.0 Å². The minimum absolute atomic E-state index is 0.178. The lowest BCUT2D eigenvalue weighted by Gasteiger charge is -2.09. The van der Waals surface area contributed by atoms with Crippen molar-refractivity contribution >= 4 is 16.8 Å². The molecule has 5 nitrogen and oxygen atoms in total. The summed E-state index contributed by atoms with van der Waals surface area (Å²) in [6, 6.07) is 10.6. The van der Waals surface area contributed by atoms with Crippen LogP contribution in [0.25, 0.3) is 10.9 Å². The van der Waals surface area contributed by atoms with Crippen molar-refractivity contribution in [2.75, 3.05) is 13.2 Å². The number of carbonyl (C=O) groups excluding carboxylic acids is 1. The van der Waals surface area contributed by atoms with Gasteiger partial charge in [-0.1, -0.05) is 18.2 Å². The zero-order valence-corrected chi connectivity index (χ0v) is 12.2. The lowest BCUT2D eigenvalue weighted by molar-refractivity contribution is 0.0946. The van der Waals surface area contributed by atoms with E-state index in [4.69, 9.17) is 4.74 Å². The Morgan fingerprint density at radius 1 is 1.22 bits per heavy atom. The number of benzene rings is 1. The van der Waals surface area contributed by atoms with Crippen LogP contribution in [0.1, 0.15) is 10.4 Å². The number of rotatable bonds is 5. The summed E-state index contributed by atoms with van der Waals surface area (Å²) in [5.41, 5.74) is 0.951. The number of nitrogens with zero attached hydrogens (tertiary/aromatic N) is 2. The lowest BCUT2D eigenvalue weighted by atomic mass is 10.2. The average Bonchev–Trinajstić information content (AvgIpc) is 2.58. The molecule has 0 saturated heterocycles. The maximum atomic E-state index is 13.0. The Kier molecular flexibility index (Phi) is 4.42. The summed E-state index contributed by atoms with van der Waals surface area (Å²) in [4.78, 5) is 19.8. The molecule has 0 atom stereocenters. The molecule has 0 aliphatic heterocycles. The normalized spacial score (nSPS) is 10.5. The maximum absolute atomic E-state index is 13.0. The highest BCUT2D eigenvalue weighted by molar-refractivity contribution is 5.93. The van der Waals surface area contributed by atoms with Crippen molar-refractivity contribution in [2.45, 2.75) is 0 Å². The Morgan fingerprint density at radius 3 is 2.96 bits per heavy atom. The highest BCUT2D eigenvalue weighted by Gasteiger charge is 2.07. The zero-order valence-electron chi connectivity index (χ0n) is 12.2. The van der Waals surface area contributed by atoms with Crippen LogP contribution in [0.4, 0.5) is 4.39 Å². The second-order valence-corrected chi connectivity index (χ2v) is 4.83. The van der Waals surface area contributed by atoms with E-state index in [1.807, 2.05) is 30.3 Å². The van der Waals surface area contributed by atoms with Gasteiger partial charge in [-0.05, 0) is 18.2 Å². The summed E-state index contributed by atoms with van der Waals surface area (Å²) in [5, 5.41) is 3.64. The molecule has 1 amide bonds. The first-order valence-corrected chi connectivity index (χ1v) is 7.09. The molecule has 0 aliphatic carbocycles. The number of para-hydroxylation sites is 1. The number of hydrogen-bond acceptors (Lipinski definition) is 4. The molecule has 6 heteroatoms. The standard InChI is InChI=1S/C17H14FN3O2/c18-14-9-13(10-19-11-14)17(22)21-7-8-23-15-5-1-3-12-4-2-6-20-16(12)15/h1-6,9-11H,7-8H2,(H,21,22). The molecule has 0 fully saturated rings. The third kappa shape index (κ3) is 3.60. The van der Waals surface area contributed by atoms with Gasteiger partial charge in [-0.3, -0.25) is 14.8 Å². The van der Waals surface area contributed by atoms with Gasteiger partial charge in [0.05, 0.1) is 18.3 Å². The number of nitrogens with one attached hydrogen (secondary N) is 1. The molecule has 0 unspecified atom stereocenters. The van der Waals surface area contributed by atoms with E-state index < -0.39 is 11.7 Å². The number of amides is 1. The minimum Gasteiger partial charge on any atom is -0.489 e. The van der Waals surface area contributed by atoms with E-state index in [-0.39, 0.29) is 12.2 Å². The van der Waals surface area contributed by atoms with Crippen molar-refractivity contribution in [3.63, 3.8) is 0 Å². The second kappa shape index (κ2) is 6.83. The summed E-state index contributed by atoms with van der Waals surface area (Å²) < 4.78 is 18.7. The average molecular weight is 311 g/mol. The number of hydrogen-bond donors (Lipinski definition) is 1. The van der Waals surface area contributed by atoms with Crippen LogP contribution in [0.5, 0.6) is 5.75 Å². The topological polar surface area (TPSA) is 64.1 Å². The van der Waals surface area contributed by atoms with Crippen LogP contribution in [-0.4, -0.2) is 29.0 Å². The van der Waals surface area contributed by atoms with E-state index in [0.29, 0.717) is 12.3 Å². The van der Waals surface area contributed by atoms with Crippen LogP contribution >= 0.6 is 0 Å². The van der Waals surface area contributed by atoms with Crippen molar-refractivity contribution in [3.8, 4) is 5.75 Å². The van der Waals surface area contributed by atoms with E-state index >= 15 is 0 Å². The van der Waals surface area contributed by atoms with E-state index in [0.717, 1.165) is 23.2 Å². The van der Waals surface area contributed by atoms with Crippen molar-refractivity contribution < 1.29 is 13.9 Å². The molecule has 3 aromatic rings. The van der Waals surface area contributed by atoms with Gasteiger partial charge in [0, 0.05) is 17.8 Å². The minimum atomic E-state index is -0.546. The van der Waals surface area contributed by atoms with Crippen LogP contribution in [0, 0.1) is 5.82 Å². The van der Waals surface area contributed by atoms with E-state index in [1.165, 1.54) is 6.20 Å². The molecule has 2 aromatic heterocycles. The first kappa shape index (κ1) is 14.9. The second-order valence-electron chi connectivity index (χ2n) is 4.83. The first-order valence-electron chi connectivity index (χ1n) is 7.09. The quantitative estimate of drug-likeness (QED) is 0.736. The maximum Gasteiger partial charge on any atom is 0.253 e. The van der Waals surface area contributed by atoms with Crippen molar-refractivity contribution in [1.29, 1.82) is 0 Å². The fraction of sp³-hybridized carbons (Fsp3) is 0.118. The molecule has 2 heterocycles. The van der Waals surface area contributed by atoms with E-state index in [9.17, 15) is 9.18 Å². The Labute approximate surface area is 132 Å². The molecule has 1 N–H and O–H groups in total. The summed E-state index contributed by atoms with van der Waals surface area (Å²) in [5.74, 6) is -0.280. The van der Waals surface area contributed by atoms with Gasteiger partial charge in [0.15, 0.2) is 0 Å². The third-order valence-corrected chi connectivity index (χ3v) is 3.21. The monoisotopic (exact) mass is 311 g/mol. The summed E-state index contributed by atoms with van der Waals surface area (Å²) in [6.45, 7) is 0.572. The van der Waals surface area contributed by atoms with Crippen molar-refractivity contribution in [3.05, 3.63) is 66.4 Å². The fourth-order valence-electron chi connectivity index (χ4n) is 2.16. The number of carbonyl (C=O) groups is 1. The van der Waals surface area contributed by atoms with E-state index in [2.05, 4.69) is 15.3 Å². The lowest BCUT2D eigenvalue weighted by Crippen LogP contribution is -2.28. The Morgan fingerprint density at radius 2 is 2.09 bits per heavy atom. The van der Waals surface area contributed by atoms with E-state index in [1.54, 1.807) is 6.20 Å². The van der Waals surface area contributed by atoms with Crippen molar-refractivity contribution in [1.82, 2.24) is 15.3 Å². The van der Waals surface area contributed by atoms with Gasteiger partial charge in [0.1, 0.15) is 23.7 Å². The number of fused-ring (bicyclic) bond motifs is 1. The Bertz CT molecular complexity index is 833. The SMILES string of the molecule is O=C(NCCOc1cccc2cccnc12)c1cncc(F)c1.